The molecule has 0 aromatic carbocycles. The van der Waals surface area contributed by atoms with Crippen LogP contribution in [0.1, 0.15) is 36.8 Å². The topological polar surface area (TPSA) is 30.2 Å². The highest BCUT2D eigenvalue weighted by molar-refractivity contribution is 9.10. The minimum atomic E-state index is 0.404. The normalized spacial score (nSPS) is 11.6. The minimum absolute atomic E-state index is 0.404. The summed E-state index contributed by atoms with van der Waals surface area (Å²) in [6, 6.07) is 2.04. The van der Waals surface area contributed by atoms with Gasteiger partial charge in [0.1, 0.15) is 0 Å². The lowest BCUT2D eigenvalue weighted by atomic mass is 10.1. The smallest absolute Gasteiger partial charge is 0.170 e. The third-order valence-corrected chi connectivity index (χ3v) is 3.17. The van der Waals surface area contributed by atoms with Crippen LogP contribution < -0.4 is 0 Å². The van der Waals surface area contributed by atoms with Crippen LogP contribution in [0.15, 0.2) is 10.5 Å². The van der Waals surface area contributed by atoms with E-state index in [4.69, 9.17) is 0 Å². The monoisotopic (exact) mass is 267 g/mol. The summed E-state index contributed by atoms with van der Waals surface area (Å²) in [6.45, 7) is 8.32. The van der Waals surface area contributed by atoms with Crippen molar-refractivity contribution in [2.45, 2.75) is 33.6 Å². The van der Waals surface area contributed by atoms with Gasteiger partial charge in [-0.2, -0.15) is 5.10 Å². The number of aryl methyl sites for hydroxylation is 2. The van der Waals surface area contributed by atoms with Crippen molar-refractivity contribution >= 4 is 21.6 Å². The molecule has 2 rings (SSSR count). The average Bonchev–Trinajstić information content (AvgIpc) is 2.44. The van der Waals surface area contributed by atoms with Gasteiger partial charge in [0.25, 0.3) is 0 Å². The molecule has 0 bridgehead atoms. The van der Waals surface area contributed by atoms with E-state index in [0.29, 0.717) is 5.92 Å². The van der Waals surface area contributed by atoms with Crippen LogP contribution in [0.25, 0.3) is 5.65 Å². The summed E-state index contributed by atoms with van der Waals surface area (Å²) in [6.07, 6.45) is 0. The first kappa shape index (κ1) is 10.6. The zero-order valence-electron chi connectivity index (χ0n) is 9.37. The van der Waals surface area contributed by atoms with Crippen molar-refractivity contribution in [3.05, 3.63) is 27.6 Å². The molecule has 0 atom stereocenters. The van der Waals surface area contributed by atoms with Gasteiger partial charge in [0, 0.05) is 11.4 Å². The fourth-order valence-corrected chi connectivity index (χ4v) is 2.47. The molecule has 80 valence electrons. The van der Waals surface area contributed by atoms with E-state index in [1.807, 2.05) is 24.4 Å². The molecule has 2 heterocycles. The molecule has 4 heteroatoms. The molecular formula is C11H14BrN3. The third-order valence-electron chi connectivity index (χ3n) is 2.41. The molecule has 0 fully saturated rings. The summed E-state index contributed by atoms with van der Waals surface area (Å²) in [5.74, 6) is 0.404. The van der Waals surface area contributed by atoms with Crippen LogP contribution in [0, 0.1) is 13.8 Å². The Labute approximate surface area is 97.6 Å². The van der Waals surface area contributed by atoms with Crippen LogP contribution in [0.5, 0.6) is 0 Å². The summed E-state index contributed by atoms with van der Waals surface area (Å²) >= 11 is 3.57. The van der Waals surface area contributed by atoms with Crippen molar-refractivity contribution in [1.82, 2.24) is 14.6 Å². The predicted molar refractivity (Wildman–Crippen MR) is 64.3 cm³/mol. The van der Waals surface area contributed by atoms with Crippen molar-refractivity contribution in [2.24, 2.45) is 0 Å². The third kappa shape index (κ3) is 1.67. The second-order valence-corrected chi connectivity index (χ2v) is 4.92. The number of hydrogen-bond donors (Lipinski definition) is 0. The summed E-state index contributed by atoms with van der Waals surface area (Å²) < 4.78 is 2.91. The molecule has 0 saturated carbocycles. The predicted octanol–water partition coefficient (Wildman–Crippen LogP) is 3.23. The number of rotatable bonds is 1. The lowest BCUT2D eigenvalue weighted by molar-refractivity contribution is 0.773. The molecule has 0 saturated heterocycles. The number of fused-ring (bicyclic) bond motifs is 1. The van der Waals surface area contributed by atoms with E-state index in [-0.39, 0.29) is 0 Å². The summed E-state index contributed by atoms with van der Waals surface area (Å²) in [5.41, 5.74) is 4.12. The van der Waals surface area contributed by atoms with E-state index in [9.17, 15) is 0 Å². The minimum Gasteiger partial charge on any atom is -0.233 e. The van der Waals surface area contributed by atoms with Gasteiger partial charge in [0.15, 0.2) is 5.65 Å². The molecule has 0 unspecified atom stereocenters. The zero-order valence-corrected chi connectivity index (χ0v) is 11.0. The van der Waals surface area contributed by atoms with Crippen molar-refractivity contribution in [3.63, 3.8) is 0 Å². The maximum Gasteiger partial charge on any atom is 0.170 e. The Morgan fingerprint density at radius 2 is 2.00 bits per heavy atom. The molecule has 0 aliphatic heterocycles. The van der Waals surface area contributed by atoms with Gasteiger partial charge >= 0.3 is 0 Å². The van der Waals surface area contributed by atoms with Crippen LogP contribution in [-0.4, -0.2) is 14.6 Å². The molecular weight excluding hydrogens is 254 g/mol. The van der Waals surface area contributed by atoms with Crippen LogP contribution in [0.2, 0.25) is 0 Å². The van der Waals surface area contributed by atoms with E-state index in [2.05, 4.69) is 39.9 Å². The number of aromatic nitrogens is 3. The molecule has 2 aromatic heterocycles. The van der Waals surface area contributed by atoms with E-state index < -0.39 is 0 Å². The van der Waals surface area contributed by atoms with E-state index in [1.165, 1.54) is 0 Å². The van der Waals surface area contributed by atoms with Crippen molar-refractivity contribution in [2.75, 3.05) is 0 Å². The Bertz CT molecular complexity index is 514. The van der Waals surface area contributed by atoms with Gasteiger partial charge in [-0.05, 0) is 41.8 Å². The van der Waals surface area contributed by atoms with Crippen molar-refractivity contribution in [1.29, 1.82) is 0 Å². The summed E-state index contributed by atoms with van der Waals surface area (Å²) in [5, 5.41) is 4.56. The second kappa shape index (κ2) is 3.59. The Morgan fingerprint density at radius 3 is 2.60 bits per heavy atom. The van der Waals surface area contributed by atoms with Gasteiger partial charge in [-0.15, -0.1) is 0 Å². The second-order valence-electron chi connectivity index (χ2n) is 4.13. The largest absolute Gasteiger partial charge is 0.233 e. The number of halogens is 1. The Hall–Kier alpha value is -0.900. The van der Waals surface area contributed by atoms with Crippen molar-refractivity contribution in [3.8, 4) is 0 Å². The molecule has 0 aliphatic carbocycles. The van der Waals surface area contributed by atoms with E-state index >= 15 is 0 Å². The quantitative estimate of drug-likeness (QED) is 0.794. The highest BCUT2D eigenvalue weighted by Gasteiger charge is 2.15. The molecule has 0 N–H and O–H groups in total. The van der Waals surface area contributed by atoms with E-state index in [0.717, 1.165) is 27.2 Å². The van der Waals surface area contributed by atoms with E-state index in [1.54, 1.807) is 0 Å². The number of nitrogens with zero attached hydrogens (tertiary/aromatic N) is 3. The molecule has 0 aliphatic rings. The molecule has 15 heavy (non-hydrogen) atoms. The van der Waals surface area contributed by atoms with Gasteiger partial charge in [0.2, 0.25) is 0 Å². The van der Waals surface area contributed by atoms with Gasteiger partial charge in [0.05, 0.1) is 10.2 Å². The average molecular weight is 268 g/mol. The summed E-state index contributed by atoms with van der Waals surface area (Å²) in [4.78, 5) is 4.49. The fourth-order valence-electron chi connectivity index (χ4n) is 1.68. The molecule has 2 aromatic rings. The molecule has 0 spiro atoms. The Balaban J connectivity index is 2.82. The Kier molecular flexibility index (Phi) is 2.54. The van der Waals surface area contributed by atoms with Crippen LogP contribution in [-0.2, 0) is 0 Å². The van der Waals surface area contributed by atoms with Gasteiger partial charge in [-0.25, -0.2) is 9.50 Å². The SMILES string of the molecule is Cc1cc(C)n2nc(C(C)C)c(Br)c2n1. The van der Waals surface area contributed by atoms with Gasteiger partial charge in [-0.1, -0.05) is 13.8 Å². The molecule has 0 amide bonds. The van der Waals surface area contributed by atoms with Crippen LogP contribution in [0.3, 0.4) is 0 Å². The maximum absolute atomic E-state index is 4.56. The molecule has 3 nitrogen and oxygen atoms in total. The first-order valence-corrected chi connectivity index (χ1v) is 5.82. The first-order valence-electron chi connectivity index (χ1n) is 5.03. The van der Waals surface area contributed by atoms with Gasteiger partial charge in [-0.3, -0.25) is 0 Å². The zero-order chi connectivity index (χ0) is 11.2. The summed E-state index contributed by atoms with van der Waals surface area (Å²) in [7, 11) is 0. The molecule has 0 radical (unpaired) electrons. The standard InChI is InChI=1S/C11H14BrN3/c1-6(2)10-9(12)11-13-7(3)5-8(4)15(11)14-10/h5-6H,1-4H3. The van der Waals surface area contributed by atoms with Crippen molar-refractivity contribution < 1.29 is 0 Å². The lowest BCUT2D eigenvalue weighted by Gasteiger charge is -1.99. The highest BCUT2D eigenvalue weighted by Crippen LogP contribution is 2.27. The van der Waals surface area contributed by atoms with Crippen LogP contribution in [0.4, 0.5) is 0 Å². The Morgan fingerprint density at radius 1 is 1.33 bits per heavy atom. The maximum atomic E-state index is 4.56. The fraction of sp³-hybridized carbons (Fsp3) is 0.455. The van der Waals surface area contributed by atoms with Crippen LogP contribution >= 0.6 is 15.9 Å². The van der Waals surface area contributed by atoms with Gasteiger partial charge < -0.3 is 0 Å². The lowest BCUT2D eigenvalue weighted by Crippen LogP contribution is -1.97. The highest BCUT2D eigenvalue weighted by atomic mass is 79.9. The number of hydrogen-bond acceptors (Lipinski definition) is 2. The first-order chi connectivity index (χ1) is 7.00.